The number of anilines is 1. The smallest absolute Gasteiger partial charge is 0.282 e. The van der Waals surface area contributed by atoms with Gasteiger partial charge < -0.3 is 14.8 Å². The Bertz CT molecular complexity index is 1630. The molecule has 1 amide bonds. The first-order valence-electron chi connectivity index (χ1n) is 13.4. The monoisotopic (exact) mass is 602 g/mol. The van der Waals surface area contributed by atoms with E-state index < -0.39 is 0 Å². The van der Waals surface area contributed by atoms with Gasteiger partial charge in [-0.3, -0.25) is 9.59 Å². The molecule has 5 rings (SSSR count). The molecule has 1 aliphatic carbocycles. The lowest BCUT2D eigenvalue weighted by Crippen LogP contribution is -2.25. The van der Waals surface area contributed by atoms with Crippen molar-refractivity contribution in [2.24, 2.45) is 5.10 Å². The number of aryl methyl sites for hydroxylation is 1. The number of halogens is 1. The topological polar surface area (TPSA) is 94.8 Å². The number of aromatic nitrogens is 2. The van der Waals surface area contributed by atoms with E-state index in [-0.39, 0.29) is 24.0 Å². The standard InChI is InChI=1S/C31H31BrN4O4/c1-20-9-6-7-13-25(20)34-28(37)19-40-29-22(12-8-14-27(29)39-2)18-33-36-30(21-10-4-3-5-11-21)35-26-16-15-23(32)17-24(26)31(36)38/h6-9,12-18,21H,3-5,10-11,19H2,1-2H3,(H,34,37). The van der Waals surface area contributed by atoms with E-state index in [0.29, 0.717) is 33.8 Å². The molecule has 0 aliphatic heterocycles. The first kappa shape index (κ1) is 27.6. The van der Waals surface area contributed by atoms with Crippen molar-refractivity contribution in [3.63, 3.8) is 0 Å². The van der Waals surface area contributed by atoms with Gasteiger partial charge in [0.25, 0.3) is 11.5 Å². The third kappa shape index (κ3) is 6.09. The summed E-state index contributed by atoms with van der Waals surface area (Å²) in [5.74, 6) is 1.32. The zero-order valence-corrected chi connectivity index (χ0v) is 24.1. The zero-order valence-electron chi connectivity index (χ0n) is 22.5. The van der Waals surface area contributed by atoms with Crippen LogP contribution in [0.2, 0.25) is 0 Å². The van der Waals surface area contributed by atoms with Crippen LogP contribution in [-0.2, 0) is 4.79 Å². The second kappa shape index (κ2) is 12.5. The van der Waals surface area contributed by atoms with Crippen LogP contribution in [0.15, 0.2) is 75.0 Å². The van der Waals surface area contributed by atoms with Gasteiger partial charge >= 0.3 is 0 Å². The number of fused-ring (bicyclic) bond motifs is 1. The highest BCUT2D eigenvalue weighted by atomic mass is 79.9. The predicted molar refractivity (Wildman–Crippen MR) is 161 cm³/mol. The molecule has 1 saturated carbocycles. The molecule has 0 radical (unpaired) electrons. The van der Waals surface area contributed by atoms with Crippen molar-refractivity contribution in [3.05, 3.63) is 92.4 Å². The second-order valence-corrected chi connectivity index (χ2v) is 10.8. The largest absolute Gasteiger partial charge is 0.493 e. The third-order valence-corrected chi connectivity index (χ3v) is 7.61. The van der Waals surface area contributed by atoms with Gasteiger partial charge in [0.05, 0.1) is 24.2 Å². The van der Waals surface area contributed by atoms with Crippen LogP contribution in [-0.4, -0.2) is 35.5 Å². The number of rotatable bonds is 8. The van der Waals surface area contributed by atoms with E-state index in [2.05, 4.69) is 26.3 Å². The lowest BCUT2D eigenvalue weighted by Gasteiger charge is -2.22. The van der Waals surface area contributed by atoms with Crippen LogP contribution < -0.4 is 20.3 Å². The summed E-state index contributed by atoms with van der Waals surface area (Å²) in [5.41, 5.74) is 2.68. The van der Waals surface area contributed by atoms with E-state index in [1.54, 1.807) is 30.5 Å². The first-order valence-corrected chi connectivity index (χ1v) is 14.2. The molecule has 1 aliphatic rings. The fraction of sp³-hybridized carbons (Fsp3) is 0.290. The van der Waals surface area contributed by atoms with Crippen molar-refractivity contribution in [1.82, 2.24) is 9.66 Å². The van der Waals surface area contributed by atoms with Crippen LogP contribution >= 0.6 is 15.9 Å². The average molecular weight is 604 g/mol. The van der Waals surface area contributed by atoms with Gasteiger partial charge in [0.15, 0.2) is 18.1 Å². The Kier molecular flexibility index (Phi) is 8.60. The van der Waals surface area contributed by atoms with Gasteiger partial charge in [0, 0.05) is 21.6 Å². The molecule has 1 aromatic heterocycles. The summed E-state index contributed by atoms with van der Waals surface area (Å²) < 4.78 is 13.7. The molecule has 40 heavy (non-hydrogen) atoms. The first-order chi connectivity index (χ1) is 19.4. The molecule has 1 N–H and O–H groups in total. The fourth-order valence-electron chi connectivity index (χ4n) is 5.01. The SMILES string of the molecule is COc1cccc(C=Nn2c(C3CCCCC3)nc3ccc(Br)cc3c2=O)c1OCC(=O)Nc1ccccc1C. The highest BCUT2D eigenvalue weighted by Crippen LogP contribution is 2.33. The molecule has 3 aromatic carbocycles. The minimum atomic E-state index is -0.303. The van der Waals surface area contributed by atoms with Gasteiger partial charge in [0.2, 0.25) is 0 Å². The number of amides is 1. The molecule has 0 spiro atoms. The molecule has 0 saturated heterocycles. The maximum atomic E-state index is 13.7. The Balaban J connectivity index is 1.48. The molecule has 1 fully saturated rings. The number of carbonyl (C=O) groups excluding carboxylic acids is 1. The van der Waals surface area contributed by atoms with E-state index in [0.717, 1.165) is 41.4 Å². The number of carbonyl (C=O) groups is 1. The molecular formula is C31H31BrN4O4. The fourth-order valence-corrected chi connectivity index (χ4v) is 5.37. The molecule has 0 bridgehead atoms. The summed E-state index contributed by atoms with van der Waals surface area (Å²) in [6, 6.07) is 18.4. The Morgan fingerprint density at radius 1 is 1.12 bits per heavy atom. The molecule has 8 nitrogen and oxygen atoms in total. The molecular weight excluding hydrogens is 572 g/mol. The molecule has 1 heterocycles. The van der Waals surface area contributed by atoms with Gasteiger partial charge in [0.1, 0.15) is 5.82 Å². The van der Waals surface area contributed by atoms with Gasteiger partial charge in [-0.2, -0.15) is 9.78 Å². The average Bonchev–Trinajstić information content (AvgIpc) is 2.97. The van der Waals surface area contributed by atoms with Crippen LogP contribution in [0.1, 0.15) is 55.0 Å². The number of hydrogen-bond donors (Lipinski definition) is 1. The van der Waals surface area contributed by atoms with Gasteiger partial charge in [-0.25, -0.2) is 4.98 Å². The molecule has 4 aromatic rings. The van der Waals surface area contributed by atoms with Gasteiger partial charge in [-0.1, -0.05) is 59.5 Å². The number of hydrogen-bond acceptors (Lipinski definition) is 6. The second-order valence-electron chi connectivity index (χ2n) is 9.86. The van der Waals surface area contributed by atoms with E-state index >= 15 is 0 Å². The van der Waals surface area contributed by atoms with Crippen LogP contribution in [0.3, 0.4) is 0 Å². The lowest BCUT2D eigenvalue weighted by atomic mass is 9.88. The van der Waals surface area contributed by atoms with Gasteiger partial charge in [-0.15, -0.1) is 0 Å². The summed E-state index contributed by atoms with van der Waals surface area (Å²) in [6.07, 6.45) is 6.88. The highest BCUT2D eigenvalue weighted by Gasteiger charge is 2.23. The van der Waals surface area contributed by atoms with E-state index in [1.807, 2.05) is 43.3 Å². The lowest BCUT2D eigenvalue weighted by molar-refractivity contribution is -0.118. The summed E-state index contributed by atoms with van der Waals surface area (Å²) in [5, 5.41) is 8.00. The zero-order chi connectivity index (χ0) is 28.1. The van der Waals surface area contributed by atoms with Crippen molar-refractivity contribution < 1.29 is 14.3 Å². The Morgan fingerprint density at radius 3 is 2.70 bits per heavy atom. The van der Waals surface area contributed by atoms with E-state index in [4.69, 9.17) is 14.5 Å². The van der Waals surface area contributed by atoms with Crippen molar-refractivity contribution >= 4 is 44.6 Å². The van der Waals surface area contributed by atoms with Gasteiger partial charge in [-0.05, 0) is 61.7 Å². The van der Waals surface area contributed by atoms with Crippen molar-refractivity contribution in [1.29, 1.82) is 0 Å². The summed E-state index contributed by atoms with van der Waals surface area (Å²) in [4.78, 5) is 31.2. The number of methoxy groups -OCH3 is 1. The summed E-state index contributed by atoms with van der Waals surface area (Å²) >= 11 is 3.46. The molecule has 0 unspecified atom stereocenters. The Morgan fingerprint density at radius 2 is 1.93 bits per heavy atom. The maximum absolute atomic E-state index is 13.7. The molecule has 206 valence electrons. The number of nitrogens with zero attached hydrogens (tertiary/aromatic N) is 3. The number of para-hydroxylation sites is 2. The Hall–Kier alpha value is -3.98. The minimum Gasteiger partial charge on any atom is -0.493 e. The van der Waals surface area contributed by atoms with Crippen LogP contribution in [0.25, 0.3) is 10.9 Å². The highest BCUT2D eigenvalue weighted by molar-refractivity contribution is 9.10. The normalized spacial score (nSPS) is 14.0. The van der Waals surface area contributed by atoms with E-state index in [9.17, 15) is 9.59 Å². The quantitative estimate of drug-likeness (QED) is 0.235. The van der Waals surface area contributed by atoms with Crippen LogP contribution in [0.4, 0.5) is 5.69 Å². The van der Waals surface area contributed by atoms with Crippen molar-refractivity contribution in [2.45, 2.75) is 44.9 Å². The van der Waals surface area contributed by atoms with Crippen LogP contribution in [0, 0.1) is 6.92 Å². The van der Waals surface area contributed by atoms with Crippen LogP contribution in [0.5, 0.6) is 11.5 Å². The Labute approximate surface area is 241 Å². The summed E-state index contributed by atoms with van der Waals surface area (Å²) in [6.45, 7) is 1.70. The predicted octanol–water partition coefficient (Wildman–Crippen LogP) is 6.42. The molecule has 0 atom stereocenters. The molecule has 9 heteroatoms. The summed E-state index contributed by atoms with van der Waals surface area (Å²) in [7, 11) is 1.54. The minimum absolute atomic E-state index is 0.151. The number of benzene rings is 3. The van der Waals surface area contributed by atoms with Crippen molar-refractivity contribution in [3.8, 4) is 11.5 Å². The number of nitrogens with one attached hydrogen (secondary N) is 1. The third-order valence-electron chi connectivity index (χ3n) is 7.11. The number of ether oxygens (including phenoxy) is 2. The van der Waals surface area contributed by atoms with Crippen molar-refractivity contribution in [2.75, 3.05) is 19.0 Å². The maximum Gasteiger partial charge on any atom is 0.282 e. The van der Waals surface area contributed by atoms with E-state index in [1.165, 1.54) is 18.2 Å².